The van der Waals surface area contributed by atoms with Gasteiger partial charge in [-0.25, -0.2) is 13.9 Å². The van der Waals surface area contributed by atoms with Gasteiger partial charge in [-0.15, -0.1) is 0 Å². The van der Waals surface area contributed by atoms with Gasteiger partial charge in [0.25, 0.3) is 0 Å². The standard InChI is InChI=1S/C31H58N6O17P2/c1-21(53-27(7)42)9-13-36(25(5)40)17-29(34-23(3)38)19-51-55(45,46)49-15-11-32-31(44)33-12-16-50-56(47,48)52-20-30(35-24(4)39)18-37(26(6)41)14-10-22(2)54-28(8)43/h21-22,29-30H,9-20H2,1-8H3,(H,34,38)(H,35,39)(H,45,46)(H,47,48)(H2,32,33,44)/t21-,22-,29-,30-/m1/s1. The molecule has 0 aliphatic heterocycles. The Labute approximate surface area is 326 Å². The SMILES string of the molecule is CC(=O)N[C@@H](COP(=O)(O)OCCNC(=O)NCCOP(=O)(O)OC[C@@H](CN(CC[C@@H](C)OC(C)=O)C(C)=O)NC(C)=O)CN(CC[C@@H](C)OC(C)=O)C(C)=O. The van der Waals surface area contributed by atoms with E-state index in [1.54, 1.807) is 13.8 Å². The molecule has 0 aromatic rings. The van der Waals surface area contributed by atoms with Crippen LogP contribution in [0, 0.1) is 0 Å². The van der Waals surface area contributed by atoms with Gasteiger partial charge < -0.3 is 50.3 Å². The summed E-state index contributed by atoms with van der Waals surface area (Å²) in [6.45, 7) is 8.36. The van der Waals surface area contributed by atoms with Gasteiger partial charge in [-0.2, -0.15) is 0 Å². The fourth-order valence-electron chi connectivity index (χ4n) is 4.66. The second-order valence-electron chi connectivity index (χ2n) is 12.5. The zero-order valence-corrected chi connectivity index (χ0v) is 34.9. The maximum atomic E-state index is 12.4. The fraction of sp³-hybridized carbons (Fsp3) is 0.774. The molecular formula is C31H58N6O17P2. The van der Waals surface area contributed by atoms with Crippen LogP contribution >= 0.6 is 15.6 Å². The van der Waals surface area contributed by atoms with Crippen molar-refractivity contribution in [2.45, 2.75) is 92.5 Å². The van der Waals surface area contributed by atoms with Crippen LogP contribution in [0.1, 0.15) is 68.2 Å². The molecule has 0 radical (unpaired) electrons. The predicted molar refractivity (Wildman–Crippen MR) is 196 cm³/mol. The number of rotatable bonds is 28. The van der Waals surface area contributed by atoms with Gasteiger partial charge in [-0.05, 0) is 13.8 Å². The quantitative estimate of drug-likeness (QED) is 0.0341. The second-order valence-corrected chi connectivity index (χ2v) is 15.4. The maximum absolute atomic E-state index is 12.4. The summed E-state index contributed by atoms with van der Waals surface area (Å²) < 4.78 is 54.6. The lowest BCUT2D eigenvalue weighted by Gasteiger charge is -2.28. The molecule has 2 unspecified atom stereocenters. The van der Waals surface area contributed by atoms with Gasteiger partial charge in [0.2, 0.25) is 23.6 Å². The van der Waals surface area contributed by atoms with Crippen molar-refractivity contribution in [2.75, 3.05) is 65.7 Å². The van der Waals surface area contributed by atoms with E-state index < -0.39 is 96.1 Å². The smallest absolute Gasteiger partial charge is 0.463 e. The first-order chi connectivity index (χ1) is 25.9. The van der Waals surface area contributed by atoms with E-state index in [1.165, 1.54) is 51.3 Å². The lowest BCUT2D eigenvalue weighted by atomic mass is 10.2. The maximum Gasteiger partial charge on any atom is 0.472 e. The van der Waals surface area contributed by atoms with Crippen molar-refractivity contribution in [1.82, 2.24) is 31.1 Å². The number of carbonyl (C=O) groups excluding carboxylic acids is 7. The van der Waals surface area contributed by atoms with E-state index in [9.17, 15) is 52.5 Å². The normalized spacial score (nSPS) is 15.3. The molecule has 0 bridgehead atoms. The lowest BCUT2D eigenvalue weighted by molar-refractivity contribution is -0.147. The van der Waals surface area contributed by atoms with Crippen LogP contribution in [0.5, 0.6) is 0 Å². The highest BCUT2D eigenvalue weighted by molar-refractivity contribution is 7.47. The minimum Gasteiger partial charge on any atom is -0.463 e. The van der Waals surface area contributed by atoms with Crippen LogP contribution in [0.2, 0.25) is 0 Å². The number of phosphoric ester groups is 2. The molecular weight excluding hydrogens is 790 g/mol. The number of ether oxygens (including phenoxy) is 2. The Morgan fingerprint density at radius 2 is 0.929 bits per heavy atom. The Morgan fingerprint density at radius 1 is 0.589 bits per heavy atom. The Kier molecular flexibility index (Phi) is 25.3. The minimum atomic E-state index is -4.69. The highest BCUT2D eigenvalue weighted by Gasteiger charge is 2.27. The molecule has 56 heavy (non-hydrogen) atoms. The first-order valence-corrected chi connectivity index (χ1v) is 20.6. The molecule has 0 fully saturated rings. The average molecular weight is 849 g/mol. The number of hydrogen-bond donors (Lipinski definition) is 6. The third kappa shape index (κ3) is 27.8. The Bertz CT molecular complexity index is 1310. The number of esters is 2. The second kappa shape index (κ2) is 27.0. The number of nitrogens with zero attached hydrogens (tertiary/aromatic N) is 2. The van der Waals surface area contributed by atoms with E-state index in [2.05, 4.69) is 21.3 Å². The van der Waals surface area contributed by atoms with Crippen molar-refractivity contribution in [3.8, 4) is 0 Å². The molecule has 0 aliphatic rings. The van der Waals surface area contributed by atoms with Gasteiger partial charge >= 0.3 is 33.6 Å². The van der Waals surface area contributed by atoms with Gasteiger partial charge in [0, 0.05) is 93.7 Å². The monoisotopic (exact) mass is 848 g/mol. The first-order valence-electron chi connectivity index (χ1n) is 17.6. The van der Waals surface area contributed by atoms with E-state index in [0.29, 0.717) is 12.8 Å². The third-order valence-electron chi connectivity index (χ3n) is 7.09. The average Bonchev–Trinajstić information content (AvgIpc) is 3.05. The molecule has 0 saturated heterocycles. The molecule has 6 N–H and O–H groups in total. The van der Waals surface area contributed by atoms with Crippen LogP contribution in [0.15, 0.2) is 0 Å². The third-order valence-corrected chi connectivity index (χ3v) is 9.06. The summed E-state index contributed by atoms with van der Waals surface area (Å²) in [5.74, 6) is -2.69. The van der Waals surface area contributed by atoms with Gasteiger partial charge in [0.1, 0.15) is 12.2 Å². The van der Waals surface area contributed by atoms with Crippen LogP contribution in [0.3, 0.4) is 0 Å². The topological polar surface area (TPSA) is 304 Å². The molecule has 0 rings (SSSR count). The number of urea groups is 1. The van der Waals surface area contributed by atoms with Crippen molar-refractivity contribution in [1.29, 1.82) is 0 Å². The van der Waals surface area contributed by atoms with Gasteiger partial charge in [0.05, 0.1) is 38.5 Å². The molecule has 6 atom stereocenters. The summed E-state index contributed by atoms with van der Waals surface area (Å²) in [5, 5.41) is 9.69. The number of amides is 6. The lowest BCUT2D eigenvalue weighted by Crippen LogP contribution is -2.47. The summed E-state index contributed by atoms with van der Waals surface area (Å²) in [6.07, 6.45) is -0.372. The summed E-state index contributed by atoms with van der Waals surface area (Å²) in [4.78, 5) is 105. The van der Waals surface area contributed by atoms with Gasteiger partial charge in [0.15, 0.2) is 0 Å². The van der Waals surface area contributed by atoms with Crippen molar-refractivity contribution in [3.05, 3.63) is 0 Å². The summed E-state index contributed by atoms with van der Waals surface area (Å²) in [6, 6.07) is -2.62. The van der Waals surface area contributed by atoms with E-state index in [1.807, 2.05) is 0 Å². The number of nitrogens with one attached hydrogen (secondary N) is 4. The Balaban J connectivity index is 4.76. The molecule has 0 saturated carbocycles. The zero-order chi connectivity index (χ0) is 43.1. The van der Waals surface area contributed by atoms with Crippen LogP contribution in [0.25, 0.3) is 0 Å². The molecule has 0 aromatic carbocycles. The van der Waals surface area contributed by atoms with Crippen LogP contribution < -0.4 is 21.3 Å². The van der Waals surface area contributed by atoms with Crippen LogP contribution in [-0.2, 0) is 65.5 Å². The van der Waals surface area contributed by atoms with E-state index >= 15 is 0 Å². The Hall–Kier alpha value is -3.69. The molecule has 0 heterocycles. The van der Waals surface area contributed by atoms with E-state index in [0.717, 1.165) is 0 Å². The molecule has 0 aromatic heterocycles. The summed E-state index contributed by atoms with van der Waals surface area (Å²) in [5.41, 5.74) is 0. The fourth-order valence-corrected chi connectivity index (χ4v) is 6.19. The van der Waals surface area contributed by atoms with Crippen molar-refractivity contribution < 1.29 is 80.0 Å². The first kappa shape index (κ1) is 52.3. The predicted octanol–water partition coefficient (Wildman–Crippen LogP) is -0.0574. The number of phosphoric acid groups is 2. The molecule has 6 amide bonds. The minimum absolute atomic E-state index is 0.0941. The van der Waals surface area contributed by atoms with Crippen LogP contribution in [0.4, 0.5) is 4.79 Å². The molecule has 0 spiro atoms. The molecule has 23 nitrogen and oxygen atoms in total. The number of hydrogen-bond acceptors (Lipinski definition) is 15. The largest absolute Gasteiger partial charge is 0.472 e. The highest BCUT2D eigenvalue weighted by atomic mass is 31.2. The molecule has 324 valence electrons. The van der Waals surface area contributed by atoms with Crippen molar-refractivity contribution in [2.24, 2.45) is 0 Å². The van der Waals surface area contributed by atoms with E-state index in [4.69, 9.17) is 27.6 Å². The van der Waals surface area contributed by atoms with Crippen molar-refractivity contribution in [3.63, 3.8) is 0 Å². The van der Waals surface area contributed by atoms with Gasteiger partial charge in [-0.3, -0.25) is 46.9 Å². The van der Waals surface area contributed by atoms with Crippen molar-refractivity contribution >= 4 is 57.2 Å². The summed E-state index contributed by atoms with van der Waals surface area (Å²) >= 11 is 0. The highest BCUT2D eigenvalue weighted by Crippen LogP contribution is 2.43. The van der Waals surface area contributed by atoms with E-state index in [-0.39, 0.29) is 51.1 Å². The molecule has 0 aliphatic carbocycles. The zero-order valence-electron chi connectivity index (χ0n) is 33.1. The Morgan fingerprint density at radius 3 is 1.21 bits per heavy atom. The van der Waals surface area contributed by atoms with Crippen LogP contribution in [-0.4, -0.2) is 151 Å². The summed E-state index contributed by atoms with van der Waals surface area (Å²) in [7, 11) is -9.38. The number of carbonyl (C=O) groups is 7. The molecule has 25 heteroatoms. The van der Waals surface area contributed by atoms with Gasteiger partial charge in [-0.1, -0.05) is 0 Å².